The number of halogens is 3. The number of ether oxygens (including phenoxy) is 1. The Hall–Kier alpha value is -3.48. The van der Waals surface area contributed by atoms with Gasteiger partial charge in [0.1, 0.15) is 16.3 Å². The van der Waals surface area contributed by atoms with E-state index in [1.807, 2.05) is 0 Å². The lowest BCUT2D eigenvalue weighted by atomic mass is 10.1. The molecule has 9 nitrogen and oxygen atoms in total. The van der Waals surface area contributed by atoms with Crippen LogP contribution in [0.5, 0.6) is 0 Å². The average molecular weight is 495 g/mol. The Morgan fingerprint density at radius 2 is 1.97 bits per heavy atom. The third-order valence-corrected chi connectivity index (χ3v) is 6.39. The number of rotatable bonds is 6. The molecule has 2 amide bonds. The van der Waals surface area contributed by atoms with Crippen molar-refractivity contribution in [3.63, 3.8) is 0 Å². The molecule has 1 saturated carbocycles. The smallest absolute Gasteiger partial charge is 0.433 e. The van der Waals surface area contributed by atoms with Crippen molar-refractivity contribution in [3.8, 4) is 0 Å². The maximum absolute atomic E-state index is 13.6. The van der Waals surface area contributed by atoms with Gasteiger partial charge in [-0.15, -0.1) is 11.3 Å². The van der Waals surface area contributed by atoms with E-state index >= 15 is 0 Å². The van der Waals surface area contributed by atoms with Gasteiger partial charge in [0.2, 0.25) is 0 Å². The number of aromatic nitrogens is 3. The van der Waals surface area contributed by atoms with E-state index < -0.39 is 35.8 Å². The molecule has 4 rings (SSSR count). The van der Waals surface area contributed by atoms with E-state index in [1.54, 1.807) is 13.8 Å². The summed E-state index contributed by atoms with van der Waals surface area (Å²) >= 11 is 0.771. The SMILES string of the molecule is Cc1c(C(N)=O)sc(NC(=O)c2cnn3c(C(F)(F)F)cc(C4CC4)nc23)c1C(=O)OC(C)C. The Morgan fingerprint density at radius 1 is 1.29 bits per heavy atom. The van der Waals surface area contributed by atoms with Gasteiger partial charge in [-0.1, -0.05) is 0 Å². The molecule has 3 aromatic heterocycles. The molecule has 180 valence electrons. The third kappa shape index (κ3) is 4.34. The van der Waals surface area contributed by atoms with Crippen molar-refractivity contribution in [2.75, 3.05) is 5.32 Å². The minimum Gasteiger partial charge on any atom is -0.459 e. The summed E-state index contributed by atoms with van der Waals surface area (Å²) in [5.41, 5.74) is 4.27. The van der Waals surface area contributed by atoms with Gasteiger partial charge in [-0.05, 0) is 45.2 Å². The molecule has 3 aromatic rings. The van der Waals surface area contributed by atoms with Crippen molar-refractivity contribution in [2.24, 2.45) is 5.73 Å². The Kier molecular flexibility index (Phi) is 5.84. The minimum absolute atomic E-state index is 0.0179. The van der Waals surface area contributed by atoms with Crippen LogP contribution in [-0.4, -0.2) is 38.5 Å². The first-order valence-electron chi connectivity index (χ1n) is 10.3. The molecule has 34 heavy (non-hydrogen) atoms. The summed E-state index contributed by atoms with van der Waals surface area (Å²) in [7, 11) is 0. The number of primary amides is 1. The van der Waals surface area contributed by atoms with Gasteiger partial charge in [0.25, 0.3) is 11.8 Å². The number of nitrogens with zero attached hydrogens (tertiary/aromatic N) is 3. The number of fused-ring (bicyclic) bond motifs is 1. The second kappa shape index (κ2) is 8.38. The fourth-order valence-corrected chi connectivity index (χ4v) is 4.50. The zero-order valence-electron chi connectivity index (χ0n) is 18.3. The Labute approximate surface area is 195 Å². The molecule has 1 aliphatic rings. The molecule has 1 fully saturated rings. The molecule has 0 unspecified atom stereocenters. The number of nitrogens with two attached hydrogens (primary N) is 1. The summed E-state index contributed by atoms with van der Waals surface area (Å²) < 4.78 is 46.7. The maximum atomic E-state index is 13.6. The number of carbonyl (C=O) groups is 3. The summed E-state index contributed by atoms with van der Waals surface area (Å²) in [4.78, 5) is 41.8. The topological polar surface area (TPSA) is 129 Å². The first-order valence-corrected chi connectivity index (χ1v) is 11.1. The number of carbonyl (C=O) groups excluding carboxylic acids is 3. The van der Waals surface area contributed by atoms with Crippen LogP contribution < -0.4 is 11.1 Å². The van der Waals surface area contributed by atoms with Crippen LogP contribution in [0, 0.1) is 6.92 Å². The lowest BCUT2D eigenvalue weighted by Gasteiger charge is -2.11. The fraction of sp³-hybridized carbons (Fsp3) is 0.381. The van der Waals surface area contributed by atoms with Crippen LogP contribution in [0.3, 0.4) is 0 Å². The van der Waals surface area contributed by atoms with Crippen LogP contribution >= 0.6 is 11.3 Å². The number of nitrogens with one attached hydrogen (secondary N) is 1. The van der Waals surface area contributed by atoms with Crippen LogP contribution in [0.1, 0.15) is 79.9 Å². The zero-order chi connectivity index (χ0) is 24.9. The third-order valence-electron chi connectivity index (χ3n) is 5.17. The van der Waals surface area contributed by atoms with Gasteiger partial charge in [-0.2, -0.15) is 18.3 Å². The average Bonchev–Trinajstić information content (AvgIpc) is 3.39. The summed E-state index contributed by atoms with van der Waals surface area (Å²) in [6.07, 6.45) is -2.79. The zero-order valence-corrected chi connectivity index (χ0v) is 19.1. The largest absolute Gasteiger partial charge is 0.459 e. The van der Waals surface area contributed by atoms with E-state index in [0.717, 1.165) is 23.6 Å². The summed E-state index contributed by atoms with van der Waals surface area (Å²) in [6, 6.07) is 0.946. The van der Waals surface area contributed by atoms with Crippen molar-refractivity contribution >= 4 is 39.8 Å². The van der Waals surface area contributed by atoms with Gasteiger partial charge < -0.3 is 15.8 Å². The number of thiophene rings is 1. The van der Waals surface area contributed by atoms with Crippen LogP contribution in [0.15, 0.2) is 12.3 Å². The molecule has 0 atom stereocenters. The highest BCUT2D eigenvalue weighted by atomic mass is 32.1. The predicted octanol–water partition coefficient (Wildman–Crippen LogP) is 3.91. The number of alkyl halides is 3. The summed E-state index contributed by atoms with van der Waals surface area (Å²) in [5.74, 6) is -2.53. The first kappa shape index (κ1) is 23.7. The first-order chi connectivity index (χ1) is 15.9. The fourth-order valence-electron chi connectivity index (χ4n) is 3.46. The number of hydrogen-bond acceptors (Lipinski definition) is 7. The number of anilines is 1. The molecular formula is C21H20F3N5O4S. The van der Waals surface area contributed by atoms with Gasteiger partial charge >= 0.3 is 12.1 Å². The van der Waals surface area contributed by atoms with Gasteiger partial charge in [0.05, 0.1) is 22.7 Å². The molecule has 0 radical (unpaired) electrons. The van der Waals surface area contributed by atoms with E-state index in [4.69, 9.17) is 10.5 Å². The molecule has 1 aliphatic carbocycles. The van der Waals surface area contributed by atoms with E-state index in [2.05, 4.69) is 15.4 Å². The molecular weight excluding hydrogens is 475 g/mol. The van der Waals surface area contributed by atoms with Crippen molar-refractivity contribution in [1.29, 1.82) is 0 Å². The molecule has 0 saturated heterocycles. The second-order valence-corrected chi connectivity index (χ2v) is 9.19. The highest BCUT2D eigenvalue weighted by molar-refractivity contribution is 7.18. The number of esters is 1. The normalized spacial score (nSPS) is 14.0. The van der Waals surface area contributed by atoms with Crippen molar-refractivity contribution in [3.05, 3.63) is 45.2 Å². The highest BCUT2D eigenvalue weighted by Crippen LogP contribution is 2.41. The van der Waals surface area contributed by atoms with Crippen LogP contribution in [0.4, 0.5) is 18.2 Å². The van der Waals surface area contributed by atoms with E-state index in [0.29, 0.717) is 17.4 Å². The van der Waals surface area contributed by atoms with Crippen molar-refractivity contribution < 1.29 is 32.3 Å². The van der Waals surface area contributed by atoms with Crippen LogP contribution in [-0.2, 0) is 10.9 Å². The highest BCUT2D eigenvalue weighted by Gasteiger charge is 2.38. The van der Waals surface area contributed by atoms with Crippen LogP contribution in [0.2, 0.25) is 0 Å². The summed E-state index contributed by atoms with van der Waals surface area (Å²) in [6.45, 7) is 4.75. The standard InChI is InChI=1S/C21H20F3N5O4S/c1-8(2)33-20(32)14-9(3)15(16(25)30)34-19(14)28-18(31)11-7-26-29-13(21(22,23)24)6-12(10-4-5-10)27-17(11)29/h6-8,10H,4-5H2,1-3H3,(H2,25,30)(H,28,31). The maximum Gasteiger partial charge on any atom is 0.433 e. The second-order valence-electron chi connectivity index (χ2n) is 8.16. The van der Waals surface area contributed by atoms with Gasteiger partial charge in [0.15, 0.2) is 5.65 Å². The lowest BCUT2D eigenvalue weighted by molar-refractivity contribution is -0.142. The predicted molar refractivity (Wildman–Crippen MR) is 116 cm³/mol. The van der Waals surface area contributed by atoms with Crippen LogP contribution in [0.25, 0.3) is 5.65 Å². The quantitative estimate of drug-likeness (QED) is 0.499. The Bertz CT molecular complexity index is 1320. The van der Waals surface area contributed by atoms with Crippen molar-refractivity contribution in [2.45, 2.75) is 51.8 Å². The number of hydrogen-bond donors (Lipinski definition) is 2. The minimum atomic E-state index is -4.71. The Balaban J connectivity index is 1.77. The van der Waals surface area contributed by atoms with Gasteiger partial charge in [-0.3, -0.25) is 9.59 Å². The molecule has 3 heterocycles. The summed E-state index contributed by atoms with van der Waals surface area (Å²) in [5, 5.41) is 6.20. The molecule has 3 N–H and O–H groups in total. The van der Waals surface area contributed by atoms with Gasteiger partial charge in [-0.25, -0.2) is 14.3 Å². The van der Waals surface area contributed by atoms with Gasteiger partial charge in [0, 0.05) is 11.6 Å². The Morgan fingerprint density at radius 3 is 2.53 bits per heavy atom. The lowest BCUT2D eigenvalue weighted by Crippen LogP contribution is -2.18. The van der Waals surface area contributed by atoms with E-state index in [9.17, 15) is 27.6 Å². The van der Waals surface area contributed by atoms with E-state index in [-0.39, 0.29) is 43.8 Å². The van der Waals surface area contributed by atoms with E-state index in [1.165, 1.54) is 6.92 Å². The molecule has 0 bridgehead atoms. The van der Waals surface area contributed by atoms with Crippen molar-refractivity contribution in [1.82, 2.24) is 14.6 Å². The molecule has 13 heteroatoms. The molecule has 0 spiro atoms. The molecule has 0 aliphatic heterocycles. The monoisotopic (exact) mass is 495 g/mol. The molecule has 0 aromatic carbocycles. The number of amides is 2.